The summed E-state index contributed by atoms with van der Waals surface area (Å²) < 4.78 is 11.4. The molecule has 2 aromatic carbocycles. The Morgan fingerprint density at radius 3 is 2.92 bits per heavy atom. The third-order valence-corrected chi connectivity index (χ3v) is 5.09. The third kappa shape index (κ3) is 3.55. The van der Waals surface area contributed by atoms with E-state index in [4.69, 9.17) is 14.6 Å². The van der Waals surface area contributed by atoms with E-state index in [1.54, 1.807) is 11.3 Å². The Balaban J connectivity index is 1.42. The lowest BCUT2D eigenvalue weighted by Crippen LogP contribution is -2.07. The van der Waals surface area contributed by atoms with Crippen LogP contribution in [0.25, 0.3) is 11.3 Å². The smallest absolute Gasteiger partial charge is 0.304 e. The van der Waals surface area contributed by atoms with Crippen molar-refractivity contribution >= 4 is 17.3 Å². The Hall–Kier alpha value is -2.86. The minimum atomic E-state index is -0.815. The molecule has 0 saturated carbocycles. The summed E-state index contributed by atoms with van der Waals surface area (Å²) in [7, 11) is 0. The predicted octanol–water partition coefficient (Wildman–Crippen LogP) is 4.34. The molecule has 1 aliphatic rings. The van der Waals surface area contributed by atoms with Gasteiger partial charge in [-0.1, -0.05) is 36.4 Å². The maximum atomic E-state index is 10.9. The number of carbonyl (C=O) groups is 1. The number of thiazole rings is 1. The first-order valence-electron chi connectivity index (χ1n) is 8.30. The van der Waals surface area contributed by atoms with Crippen LogP contribution >= 0.6 is 11.3 Å². The summed E-state index contributed by atoms with van der Waals surface area (Å²) in [6.45, 7) is 0.785. The van der Waals surface area contributed by atoms with Crippen LogP contribution in [0.3, 0.4) is 0 Å². The van der Waals surface area contributed by atoms with Crippen molar-refractivity contribution in [3.8, 4) is 22.8 Å². The van der Waals surface area contributed by atoms with Gasteiger partial charge in [0.05, 0.1) is 18.7 Å². The highest BCUT2D eigenvalue weighted by atomic mass is 32.1. The predicted molar refractivity (Wildman–Crippen MR) is 98.8 cm³/mol. The van der Waals surface area contributed by atoms with Crippen LogP contribution < -0.4 is 9.47 Å². The zero-order valence-electron chi connectivity index (χ0n) is 13.9. The normalized spacial score (nSPS) is 15.3. The van der Waals surface area contributed by atoms with E-state index in [0.29, 0.717) is 24.7 Å². The number of fused-ring (bicyclic) bond motifs is 1. The summed E-state index contributed by atoms with van der Waals surface area (Å²) in [5.41, 5.74) is 2.97. The number of ether oxygens (including phenoxy) is 2. The van der Waals surface area contributed by atoms with Crippen molar-refractivity contribution in [1.82, 2.24) is 4.98 Å². The van der Waals surface area contributed by atoms with Gasteiger partial charge in [0, 0.05) is 28.5 Å². The summed E-state index contributed by atoms with van der Waals surface area (Å²) in [6.07, 6.45) is 0.0780. The third-order valence-electron chi connectivity index (χ3n) is 4.27. The Kier molecular flexibility index (Phi) is 4.58. The van der Waals surface area contributed by atoms with Crippen molar-refractivity contribution in [2.45, 2.75) is 18.9 Å². The zero-order valence-corrected chi connectivity index (χ0v) is 14.7. The van der Waals surface area contributed by atoms with E-state index in [2.05, 4.69) is 4.98 Å². The van der Waals surface area contributed by atoms with Crippen molar-refractivity contribution in [3.05, 3.63) is 64.5 Å². The molecule has 0 spiro atoms. The van der Waals surface area contributed by atoms with Crippen molar-refractivity contribution in [3.63, 3.8) is 0 Å². The molecule has 3 aromatic rings. The largest absolute Gasteiger partial charge is 0.492 e. The highest BCUT2D eigenvalue weighted by Gasteiger charge is 2.26. The van der Waals surface area contributed by atoms with Gasteiger partial charge in [-0.25, -0.2) is 4.98 Å². The van der Waals surface area contributed by atoms with E-state index in [-0.39, 0.29) is 12.3 Å². The maximum Gasteiger partial charge on any atom is 0.304 e. The van der Waals surface area contributed by atoms with Crippen molar-refractivity contribution < 1.29 is 19.4 Å². The van der Waals surface area contributed by atoms with Gasteiger partial charge >= 0.3 is 5.97 Å². The van der Waals surface area contributed by atoms with Crippen LogP contribution in [0.1, 0.15) is 22.9 Å². The van der Waals surface area contributed by atoms with Gasteiger partial charge in [-0.2, -0.15) is 0 Å². The molecule has 2 heterocycles. The minimum absolute atomic E-state index is 0.0780. The molecule has 26 heavy (non-hydrogen) atoms. The molecule has 4 rings (SSSR count). The first kappa shape index (κ1) is 16.6. The van der Waals surface area contributed by atoms with Crippen LogP contribution in [0.2, 0.25) is 0 Å². The standard InChI is InChI=1S/C20H17NO4S/c22-20(23)8-14-10-25-18-9-15(6-7-16(14)18)24-11-19-21-17(12-26-19)13-4-2-1-3-5-13/h1-7,9,12,14H,8,10-11H2,(H,22,23). The second-order valence-corrected chi connectivity index (χ2v) is 7.03. The number of hydrogen-bond donors (Lipinski definition) is 1. The Bertz CT molecular complexity index is 923. The Morgan fingerprint density at radius 2 is 2.12 bits per heavy atom. The molecule has 1 aromatic heterocycles. The number of aliphatic carboxylic acids is 1. The van der Waals surface area contributed by atoms with E-state index < -0.39 is 5.97 Å². The minimum Gasteiger partial charge on any atom is -0.492 e. The molecule has 0 fully saturated rings. The molecule has 0 aliphatic carbocycles. The van der Waals surface area contributed by atoms with Gasteiger partial charge in [0.2, 0.25) is 0 Å². The summed E-state index contributed by atoms with van der Waals surface area (Å²) >= 11 is 1.56. The quantitative estimate of drug-likeness (QED) is 0.702. The number of benzene rings is 2. The van der Waals surface area contributed by atoms with Gasteiger partial charge in [0.25, 0.3) is 0 Å². The first-order chi connectivity index (χ1) is 12.7. The van der Waals surface area contributed by atoms with E-state index >= 15 is 0 Å². The SMILES string of the molecule is O=C(O)CC1COc2cc(OCc3nc(-c4ccccc4)cs3)ccc21. The van der Waals surface area contributed by atoms with Gasteiger partial charge in [-0.15, -0.1) is 11.3 Å². The summed E-state index contributed by atoms with van der Waals surface area (Å²) in [4.78, 5) is 15.5. The highest BCUT2D eigenvalue weighted by molar-refractivity contribution is 7.09. The molecule has 132 valence electrons. The molecule has 1 atom stereocenters. The summed E-state index contributed by atoms with van der Waals surface area (Å²) in [5, 5.41) is 11.9. The fraction of sp³-hybridized carbons (Fsp3) is 0.200. The summed E-state index contributed by atoms with van der Waals surface area (Å²) in [5.74, 6) is 0.489. The molecule has 0 amide bonds. The number of hydrogen-bond acceptors (Lipinski definition) is 5. The lowest BCUT2D eigenvalue weighted by atomic mass is 9.98. The zero-order chi connectivity index (χ0) is 17.9. The molecule has 5 nitrogen and oxygen atoms in total. The lowest BCUT2D eigenvalue weighted by molar-refractivity contribution is -0.137. The number of rotatable bonds is 6. The Morgan fingerprint density at radius 1 is 1.27 bits per heavy atom. The van der Waals surface area contributed by atoms with Crippen LogP contribution in [-0.4, -0.2) is 22.7 Å². The molecule has 0 radical (unpaired) electrons. The van der Waals surface area contributed by atoms with Crippen LogP contribution in [-0.2, 0) is 11.4 Å². The molecule has 1 N–H and O–H groups in total. The van der Waals surface area contributed by atoms with E-state index in [1.165, 1.54) is 0 Å². The number of carboxylic acid groups (broad SMARTS) is 1. The van der Waals surface area contributed by atoms with Gasteiger partial charge in [-0.05, 0) is 6.07 Å². The van der Waals surface area contributed by atoms with Crippen molar-refractivity contribution in [2.75, 3.05) is 6.61 Å². The lowest BCUT2D eigenvalue weighted by Gasteiger charge is -2.07. The molecule has 0 saturated heterocycles. The molecule has 1 aliphatic heterocycles. The monoisotopic (exact) mass is 367 g/mol. The molecule has 6 heteroatoms. The van der Waals surface area contributed by atoms with Crippen LogP contribution in [0.4, 0.5) is 0 Å². The average Bonchev–Trinajstić information content (AvgIpc) is 3.27. The fourth-order valence-electron chi connectivity index (χ4n) is 2.99. The van der Waals surface area contributed by atoms with Gasteiger partial charge < -0.3 is 14.6 Å². The molecular formula is C20H17NO4S. The molecular weight excluding hydrogens is 350 g/mol. The second-order valence-electron chi connectivity index (χ2n) is 6.09. The maximum absolute atomic E-state index is 10.9. The summed E-state index contributed by atoms with van der Waals surface area (Å²) in [6, 6.07) is 15.6. The van der Waals surface area contributed by atoms with Crippen LogP contribution in [0.5, 0.6) is 11.5 Å². The van der Waals surface area contributed by atoms with Gasteiger partial charge in [-0.3, -0.25) is 4.79 Å². The second kappa shape index (κ2) is 7.17. The van der Waals surface area contributed by atoms with Crippen LogP contribution in [0.15, 0.2) is 53.9 Å². The fourth-order valence-corrected chi connectivity index (χ4v) is 3.70. The van der Waals surface area contributed by atoms with Gasteiger partial charge in [0.15, 0.2) is 0 Å². The molecule has 0 bridgehead atoms. The topological polar surface area (TPSA) is 68.7 Å². The van der Waals surface area contributed by atoms with E-state index in [0.717, 1.165) is 21.8 Å². The van der Waals surface area contributed by atoms with Crippen molar-refractivity contribution in [1.29, 1.82) is 0 Å². The Labute approximate surface area is 154 Å². The molecule has 1 unspecified atom stereocenters. The average molecular weight is 367 g/mol. The van der Waals surface area contributed by atoms with E-state index in [1.807, 2.05) is 53.9 Å². The number of nitrogens with zero attached hydrogens (tertiary/aromatic N) is 1. The van der Waals surface area contributed by atoms with Gasteiger partial charge in [0.1, 0.15) is 23.1 Å². The number of carboxylic acids is 1. The van der Waals surface area contributed by atoms with Crippen molar-refractivity contribution in [2.24, 2.45) is 0 Å². The first-order valence-corrected chi connectivity index (χ1v) is 9.18. The van der Waals surface area contributed by atoms with E-state index in [9.17, 15) is 4.79 Å². The number of aromatic nitrogens is 1. The highest BCUT2D eigenvalue weighted by Crippen LogP contribution is 2.38. The van der Waals surface area contributed by atoms with Crippen LogP contribution in [0, 0.1) is 0 Å².